The van der Waals surface area contributed by atoms with Gasteiger partial charge in [0.2, 0.25) is 0 Å². The zero-order valence-electron chi connectivity index (χ0n) is 9.79. The SMILES string of the molecule is O=[N+]([O-])c1ccc(NN=Cc2ccc(Cl)cc2)cc1. The molecule has 0 fully saturated rings. The van der Waals surface area contributed by atoms with Crippen molar-refractivity contribution in [2.75, 3.05) is 5.43 Å². The van der Waals surface area contributed by atoms with Crippen LogP contribution in [0.5, 0.6) is 0 Å². The van der Waals surface area contributed by atoms with Crippen LogP contribution in [-0.4, -0.2) is 11.1 Å². The number of hydrogen-bond acceptors (Lipinski definition) is 4. The van der Waals surface area contributed by atoms with Gasteiger partial charge < -0.3 is 0 Å². The molecule has 0 aliphatic carbocycles. The molecule has 96 valence electrons. The summed E-state index contributed by atoms with van der Waals surface area (Å²) >= 11 is 5.77. The third-order valence-electron chi connectivity index (χ3n) is 2.36. The van der Waals surface area contributed by atoms with Crippen molar-refractivity contribution in [2.24, 2.45) is 5.10 Å². The van der Waals surface area contributed by atoms with E-state index in [1.165, 1.54) is 12.1 Å². The van der Waals surface area contributed by atoms with Gasteiger partial charge in [-0.25, -0.2) is 0 Å². The van der Waals surface area contributed by atoms with Gasteiger partial charge in [-0.2, -0.15) is 5.10 Å². The first-order valence-corrected chi connectivity index (χ1v) is 5.82. The Labute approximate surface area is 114 Å². The molecule has 19 heavy (non-hydrogen) atoms. The fourth-order valence-corrected chi connectivity index (χ4v) is 1.51. The summed E-state index contributed by atoms with van der Waals surface area (Å²) in [6, 6.07) is 13.2. The number of benzene rings is 2. The van der Waals surface area contributed by atoms with E-state index in [-0.39, 0.29) is 5.69 Å². The van der Waals surface area contributed by atoms with Gasteiger partial charge in [0, 0.05) is 17.2 Å². The minimum Gasteiger partial charge on any atom is -0.278 e. The van der Waals surface area contributed by atoms with Crippen molar-refractivity contribution >= 4 is 29.2 Å². The van der Waals surface area contributed by atoms with E-state index in [1.807, 2.05) is 12.1 Å². The van der Waals surface area contributed by atoms with Crippen LogP contribution in [0, 0.1) is 10.1 Å². The second-order valence-electron chi connectivity index (χ2n) is 3.73. The highest BCUT2D eigenvalue weighted by Gasteiger charge is 2.02. The second-order valence-corrected chi connectivity index (χ2v) is 4.16. The van der Waals surface area contributed by atoms with Crippen molar-refractivity contribution < 1.29 is 4.92 Å². The Morgan fingerprint density at radius 1 is 1.11 bits per heavy atom. The normalized spacial score (nSPS) is 10.6. The maximum absolute atomic E-state index is 10.5. The van der Waals surface area contributed by atoms with Gasteiger partial charge in [-0.05, 0) is 29.8 Å². The van der Waals surface area contributed by atoms with E-state index in [0.717, 1.165) is 5.56 Å². The van der Waals surface area contributed by atoms with Gasteiger partial charge in [0.05, 0.1) is 16.8 Å². The maximum Gasteiger partial charge on any atom is 0.269 e. The number of rotatable bonds is 4. The molecule has 0 atom stereocenters. The van der Waals surface area contributed by atoms with Crippen molar-refractivity contribution in [3.63, 3.8) is 0 Å². The fourth-order valence-electron chi connectivity index (χ4n) is 1.39. The largest absolute Gasteiger partial charge is 0.278 e. The van der Waals surface area contributed by atoms with E-state index in [0.29, 0.717) is 10.7 Å². The van der Waals surface area contributed by atoms with Crippen LogP contribution in [-0.2, 0) is 0 Å². The average Bonchev–Trinajstić information content (AvgIpc) is 2.41. The van der Waals surface area contributed by atoms with E-state index < -0.39 is 4.92 Å². The molecule has 0 amide bonds. The first-order chi connectivity index (χ1) is 9.15. The van der Waals surface area contributed by atoms with Gasteiger partial charge >= 0.3 is 0 Å². The number of nitro groups is 1. The second kappa shape index (κ2) is 5.97. The number of hydrazone groups is 1. The van der Waals surface area contributed by atoms with Crippen molar-refractivity contribution in [1.29, 1.82) is 0 Å². The molecule has 2 aromatic rings. The lowest BCUT2D eigenvalue weighted by atomic mass is 10.2. The Bertz CT molecular complexity index is 594. The van der Waals surface area contributed by atoms with Gasteiger partial charge in [0.1, 0.15) is 0 Å². The summed E-state index contributed by atoms with van der Waals surface area (Å²) in [5.74, 6) is 0. The third kappa shape index (κ3) is 3.79. The first-order valence-electron chi connectivity index (χ1n) is 5.44. The Kier molecular flexibility index (Phi) is 4.10. The Morgan fingerprint density at radius 3 is 2.32 bits per heavy atom. The molecular weight excluding hydrogens is 266 g/mol. The molecule has 0 unspecified atom stereocenters. The highest BCUT2D eigenvalue weighted by Crippen LogP contribution is 2.15. The molecule has 2 rings (SSSR count). The van der Waals surface area contributed by atoms with Crippen LogP contribution < -0.4 is 5.43 Å². The zero-order valence-corrected chi connectivity index (χ0v) is 10.5. The highest BCUT2D eigenvalue weighted by atomic mass is 35.5. The number of hydrogen-bond donors (Lipinski definition) is 1. The predicted molar refractivity (Wildman–Crippen MR) is 75.8 cm³/mol. The quantitative estimate of drug-likeness (QED) is 0.525. The number of nitro benzene ring substituents is 1. The molecule has 0 aromatic heterocycles. The summed E-state index contributed by atoms with van der Waals surface area (Å²) < 4.78 is 0. The molecule has 1 N–H and O–H groups in total. The van der Waals surface area contributed by atoms with Crippen LogP contribution >= 0.6 is 11.6 Å². The molecular formula is C13H10ClN3O2. The topological polar surface area (TPSA) is 67.5 Å². The van der Waals surface area contributed by atoms with E-state index in [9.17, 15) is 10.1 Å². The van der Waals surface area contributed by atoms with Crippen LogP contribution in [0.3, 0.4) is 0 Å². The molecule has 0 aliphatic heterocycles. The lowest BCUT2D eigenvalue weighted by Crippen LogP contribution is -1.92. The van der Waals surface area contributed by atoms with E-state index in [4.69, 9.17) is 11.6 Å². The van der Waals surface area contributed by atoms with E-state index in [2.05, 4.69) is 10.5 Å². The van der Waals surface area contributed by atoms with Gasteiger partial charge in [0.25, 0.3) is 5.69 Å². The fraction of sp³-hybridized carbons (Fsp3) is 0. The van der Waals surface area contributed by atoms with Crippen LogP contribution in [0.25, 0.3) is 0 Å². The number of nitrogens with one attached hydrogen (secondary N) is 1. The summed E-state index contributed by atoms with van der Waals surface area (Å²) in [5.41, 5.74) is 4.41. The predicted octanol–water partition coefficient (Wildman–Crippen LogP) is 3.69. The summed E-state index contributed by atoms with van der Waals surface area (Å²) in [5, 5.41) is 15.2. The average molecular weight is 276 g/mol. The number of halogens is 1. The third-order valence-corrected chi connectivity index (χ3v) is 2.61. The molecule has 0 heterocycles. The zero-order chi connectivity index (χ0) is 13.7. The van der Waals surface area contributed by atoms with Crippen LogP contribution in [0.1, 0.15) is 5.56 Å². The molecule has 5 nitrogen and oxygen atoms in total. The molecule has 0 bridgehead atoms. The molecule has 0 saturated carbocycles. The lowest BCUT2D eigenvalue weighted by molar-refractivity contribution is -0.384. The number of non-ortho nitro benzene ring substituents is 1. The molecule has 0 radical (unpaired) electrons. The first kappa shape index (κ1) is 13.0. The summed E-state index contributed by atoms with van der Waals surface area (Å²) in [7, 11) is 0. The van der Waals surface area contributed by atoms with E-state index in [1.54, 1.807) is 30.5 Å². The van der Waals surface area contributed by atoms with Crippen LogP contribution in [0.2, 0.25) is 5.02 Å². The molecule has 2 aromatic carbocycles. The van der Waals surface area contributed by atoms with Gasteiger partial charge in [0.15, 0.2) is 0 Å². The van der Waals surface area contributed by atoms with Gasteiger partial charge in [-0.15, -0.1) is 0 Å². The van der Waals surface area contributed by atoms with Crippen LogP contribution in [0.15, 0.2) is 53.6 Å². The van der Waals surface area contributed by atoms with Crippen molar-refractivity contribution in [1.82, 2.24) is 0 Å². The standard InChI is InChI=1S/C13H10ClN3O2/c14-11-3-1-10(2-4-11)9-15-16-12-5-7-13(8-6-12)17(18)19/h1-9,16H. The highest BCUT2D eigenvalue weighted by molar-refractivity contribution is 6.30. The monoisotopic (exact) mass is 275 g/mol. The smallest absolute Gasteiger partial charge is 0.269 e. The molecule has 0 saturated heterocycles. The summed E-state index contributed by atoms with van der Waals surface area (Å²) in [4.78, 5) is 10.0. The van der Waals surface area contributed by atoms with Crippen LogP contribution in [0.4, 0.5) is 11.4 Å². The number of nitrogens with zero attached hydrogens (tertiary/aromatic N) is 2. The van der Waals surface area contributed by atoms with Crippen molar-refractivity contribution in [3.8, 4) is 0 Å². The Hall–Kier alpha value is -2.40. The minimum absolute atomic E-state index is 0.0484. The molecule has 6 heteroatoms. The van der Waals surface area contributed by atoms with E-state index >= 15 is 0 Å². The van der Waals surface area contributed by atoms with Gasteiger partial charge in [-0.3, -0.25) is 15.5 Å². The number of anilines is 1. The minimum atomic E-state index is -0.444. The maximum atomic E-state index is 10.5. The molecule has 0 spiro atoms. The van der Waals surface area contributed by atoms with Crippen molar-refractivity contribution in [3.05, 3.63) is 69.2 Å². The summed E-state index contributed by atoms with van der Waals surface area (Å²) in [6.07, 6.45) is 1.64. The summed E-state index contributed by atoms with van der Waals surface area (Å²) in [6.45, 7) is 0. The molecule has 0 aliphatic rings. The Morgan fingerprint density at radius 2 is 1.74 bits per heavy atom. The van der Waals surface area contributed by atoms with Gasteiger partial charge in [-0.1, -0.05) is 23.7 Å². The lowest BCUT2D eigenvalue weighted by Gasteiger charge is -1.99. The Balaban J connectivity index is 1.98. The van der Waals surface area contributed by atoms with Crippen molar-refractivity contribution in [2.45, 2.75) is 0 Å².